The molecule has 3 aromatic rings. The van der Waals surface area contributed by atoms with Gasteiger partial charge in [0.1, 0.15) is 5.82 Å². The zero-order valence-electron chi connectivity index (χ0n) is 11.3. The molecule has 0 saturated heterocycles. The highest BCUT2D eigenvalue weighted by atomic mass is 32.1. The number of fused-ring (bicyclic) bond motifs is 1. The van der Waals surface area contributed by atoms with Gasteiger partial charge in [0.25, 0.3) is 5.91 Å². The summed E-state index contributed by atoms with van der Waals surface area (Å²) in [6.07, 6.45) is 1.74. The number of amides is 1. The van der Waals surface area contributed by atoms with Crippen LogP contribution < -0.4 is 5.32 Å². The lowest BCUT2D eigenvalue weighted by atomic mass is 10.1. The van der Waals surface area contributed by atoms with Gasteiger partial charge in [-0.3, -0.25) is 4.79 Å². The molecule has 3 nitrogen and oxygen atoms in total. The summed E-state index contributed by atoms with van der Waals surface area (Å²) >= 11 is 1.51. The Morgan fingerprint density at radius 3 is 2.65 bits per heavy atom. The van der Waals surface area contributed by atoms with E-state index in [4.69, 9.17) is 0 Å². The molecule has 20 heavy (non-hydrogen) atoms. The van der Waals surface area contributed by atoms with Gasteiger partial charge in [-0.05, 0) is 42.5 Å². The van der Waals surface area contributed by atoms with Gasteiger partial charge in [0.2, 0.25) is 0 Å². The van der Waals surface area contributed by atoms with Crippen LogP contribution in [0.15, 0.2) is 42.6 Å². The fourth-order valence-electron chi connectivity index (χ4n) is 2.11. The standard InChI is InChI=1S/C16H14N2OS/c1-10-7-8-14(17-9-10)18-16(19)15-11(2)12-5-3-4-6-13(12)20-15/h3-9H,1-2H3,(H,17,18,19). The average Bonchev–Trinajstić information content (AvgIpc) is 2.79. The van der Waals surface area contributed by atoms with Gasteiger partial charge in [-0.25, -0.2) is 4.98 Å². The highest BCUT2D eigenvalue weighted by Gasteiger charge is 2.15. The molecule has 0 saturated carbocycles. The Morgan fingerprint density at radius 1 is 1.15 bits per heavy atom. The van der Waals surface area contributed by atoms with E-state index in [1.807, 2.05) is 50.2 Å². The highest BCUT2D eigenvalue weighted by Crippen LogP contribution is 2.30. The largest absolute Gasteiger partial charge is 0.306 e. The van der Waals surface area contributed by atoms with Crippen molar-refractivity contribution < 1.29 is 4.79 Å². The van der Waals surface area contributed by atoms with Gasteiger partial charge in [-0.2, -0.15) is 0 Å². The summed E-state index contributed by atoms with van der Waals surface area (Å²) in [4.78, 5) is 17.3. The number of pyridine rings is 1. The Morgan fingerprint density at radius 2 is 1.95 bits per heavy atom. The molecule has 0 bridgehead atoms. The Kier molecular flexibility index (Phi) is 3.24. The van der Waals surface area contributed by atoms with Crippen molar-refractivity contribution in [3.63, 3.8) is 0 Å². The van der Waals surface area contributed by atoms with Crippen molar-refractivity contribution in [3.05, 3.63) is 58.6 Å². The summed E-state index contributed by atoms with van der Waals surface area (Å²) in [5.74, 6) is 0.484. The molecule has 4 heteroatoms. The number of nitrogens with one attached hydrogen (secondary N) is 1. The van der Waals surface area contributed by atoms with Crippen molar-refractivity contribution in [3.8, 4) is 0 Å². The number of carbonyl (C=O) groups excluding carboxylic acids is 1. The Bertz CT molecular complexity index is 775. The molecule has 0 aliphatic heterocycles. The molecule has 0 fully saturated rings. The molecule has 0 atom stereocenters. The number of nitrogens with zero attached hydrogens (tertiary/aromatic N) is 1. The van der Waals surface area contributed by atoms with E-state index in [-0.39, 0.29) is 5.91 Å². The predicted molar refractivity (Wildman–Crippen MR) is 83.5 cm³/mol. The summed E-state index contributed by atoms with van der Waals surface area (Å²) in [7, 11) is 0. The van der Waals surface area contributed by atoms with Crippen LogP contribution in [0.25, 0.3) is 10.1 Å². The number of aryl methyl sites for hydroxylation is 2. The Labute approximate surface area is 121 Å². The van der Waals surface area contributed by atoms with Gasteiger partial charge in [0.15, 0.2) is 0 Å². The molecule has 0 unspecified atom stereocenters. The normalized spacial score (nSPS) is 10.7. The van der Waals surface area contributed by atoms with E-state index in [0.29, 0.717) is 5.82 Å². The smallest absolute Gasteiger partial charge is 0.267 e. The first-order valence-corrected chi connectivity index (χ1v) is 7.19. The molecule has 0 aliphatic rings. The quantitative estimate of drug-likeness (QED) is 0.766. The van der Waals surface area contributed by atoms with E-state index < -0.39 is 0 Å². The second kappa shape index (κ2) is 5.06. The third-order valence-electron chi connectivity index (χ3n) is 3.20. The summed E-state index contributed by atoms with van der Waals surface area (Å²) < 4.78 is 1.13. The maximum absolute atomic E-state index is 12.3. The third kappa shape index (κ3) is 2.30. The molecule has 1 N–H and O–H groups in total. The molecule has 1 aromatic carbocycles. The van der Waals surface area contributed by atoms with Crippen molar-refractivity contribution in [2.45, 2.75) is 13.8 Å². The lowest BCUT2D eigenvalue weighted by Gasteiger charge is -2.03. The van der Waals surface area contributed by atoms with Crippen molar-refractivity contribution in [1.29, 1.82) is 0 Å². The molecule has 1 amide bonds. The number of hydrogen-bond acceptors (Lipinski definition) is 3. The fourth-order valence-corrected chi connectivity index (χ4v) is 3.21. The van der Waals surface area contributed by atoms with Gasteiger partial charge < -0.3 is 5.32 Å². The van der Waals surface area contributed by atoms with Crippen molar-refractivity contribution in [2.24, 2.45) is 0 Å². The van der Waals surface area contributed by atoms with Crippen LogP contribution >= 0.6 is 11.3 Å². The molecule has 3 rings (SSSR count). The van der Waals surface area contributed by atoms with Crippen molar-refractivity contribution in [2.75, 3.05) is 5.32 Å². The van der Waals surface area contributed by atoms with Crippen molar-refractivity contribution >= 4 is 33.1 Å². The molecule has 0 radical (unpaired) electrons. The number of aromatic nitrogens is 1. The van der Waals surface area contributed by atoms with E-state index >= 15 is 0 Å². The maximum Gasteiger partial charge on any atom is 0.267 e. The molecule has 0 aliphatic carbocycles. The number of carbonyl (C=O) groups is 1. The van der Waals surface area contributed by atoms with Crippen LogP contribution in [-0.2, 0) is 0 Å². The molecule has 2 heterocycles. The highest BCUT2D eigenvalue weighted by molar-refractivity contribution is 7.21. The van der Waals surface area contributed by atoms with Crippen LogP contribution in [0.1, 0.15) is 20.8 Å². The van der Waals surface area contributed by atoms with Crippen LogP contribution in [-0.4, -0.2) is 10.9 Å². The minimum Gasteiger partial charge on any atom is -0.306 e. The van der Waals surface area contributed by atoms with Crippen LogP contribution in [0.2, 0.25) is 0 Å². The van der Waals surface area contributed by atoms with Gasteiger partial charge in [-0.15, -0.1) is 11.3 Å². The summed E-state index contributed by atoms with van der Waals surface area (Å²) in [5.41, 5.74) is 2.09. The minimum absolute atomic E-state index is 0.0972. The van der Waals surface area contributed by atoms with Crippen LogP contribution in [0.4, 0.5) is 5.82 Å². The predicted octanol–water partition coefficient (Wildman–Crippen LogP) is 4.17. The second-order valence-corrected chi connectivity index (χ2v) is 5.78. The monoisotopic (exact) mass is 282 g/mol. The van der Waals surface area contributed by atoms with Gasteiger partial charge >= 0.3 is 0 Å². The average molecular weight is 282 g/mol. The molecular formula is C16H14N2OS. The molecular weight excluding hydrogens is 268 g/mol. The molecule has 2 aromatic heterocycles. The maximum atomic E-state index is 12.3. The van der Waals surface area contributed by atoms with E-state index in [1.165, 1.54) is 11.3 Å². The number of anilines is 1. The topological polar surface area (TPSA) is 42.0 Å². The first-order chi connectivity index (χ1) is 9.65. The molecule has 0 spiro atoms. The van der Waals surface area contributed by atoms with Crippen LogP contribution in [0, 0.1) is 13.8 Å². The minimum atomic E-state index is -0.0972. The van der Waals surface area contributed by atoms with Gasteiger partial charge in [0, 0.05) is 10.9 Å². The lowest BCUT2D eigenvalue weighted by Crippen LogP contribution is -2.12. The molecule has 100 valence electrons. The number of hydrogen-bond donors (Lipinski definition) is 1. The van der Waals surface area contributed by atoms with Gasteiger partial charge in [0.05, 0.1) is 4.88 Å². The summed E-state index contributed by atoms with van der Waals surface area (Å²) in [5, 5.41) is 3.99. The fraction of sp³-hybridized carbons (Fsp3) is 0.125. The van der Waals surface area contributed by atoms with Gasteiger partial charge in [-0.1, -0.05) is 24.3 Å². The summed E-state index contributed by atoms with van der Waals surface area (Å²) in [6, 6.07) is 11.8. The van der Waals surface area contributed by atoms with E-state index in [1.54, 1.807) is 6.20 Å². The Hall–Kier alpha value is -2.20. The van der Waals surface area contributed by atoms with E-state index in [9.17, 15) is 4.79 Å². The van der Waals surface area contributed by atoms with Crippen LogP contribution in [0.5, 0.6) is 0 Å². The summed E-state index contributed by atoms with van der Waals surface area (Å²) in [6.45, 7) is 3.95. The van der Waals surface area contributed by atoms with E-state index in [0.717, 1.165) is 26.1 Å². The zero-order chi connectivity index (χ0) is 14.1. The second-order valence-electron chi connectivity index (χ2n) is 4.73. The van der Waals surface area contributed by atoms with E-state index in [2.05, 4.69) is 10.3 Å². The third-order valence-corrected chi connectivity index (χ3v) is 4.47. The Balaban J connectivity index is 1.92. The lowest BCUT2D eigenvalue weighted by molar-refractivity contribution is 0.102. The van der Waals surface area contributed by atoms with Crippen LogP contribution in [0.3, 0.4) is 0 Å². The number of thiophene rings is 1. The first-order valence-electron chi connectivity index (χ1n) is 6.37. The zero-order valence-corrected chi connectivity index (χ0v) is 12.1. The number of benzene rings is 1. The SMILES string of the molecule is Cc1ccc(NC(=O)c2sc3ccccc3c2C)nc1. The number of rotatable bonds is 2. The van der Waals surface area contributed by atoms with Crippen molar-refractivity contribution in [1.82, 2.24) is 4.98 Å². The first kappa shape index (κ1) is 12.8.